The molecule has 1 aliphatic rings. The predicted molar refractivity (Wildman–Crippen MR) is 85.8 cm³/mol. The van der Waals surface area contributed by atoms with Crippen molar-refractivity contribution in [1.29, 1.82) is 0 Å². The summed E-state index contributed by atoms with van der Waals surface area (Å²) >= 11 is 0. The lowest BCUT2D eigenvalue weighted by Gasteiger charge is -2.31. The van der Waals surface area contributed by atoms with Crippen LogP contribution in [0.25, 0.3) is 0 Å². The molecule has 0 saturated carbocycles. The topological polar surface area (TPSA) is 90.2 Å². The molecule has 0 N–H and O–H groups in total. The number of aromatic nitrogens is 4. The maximum absolute atomic E-state index is 12.5. The van der Waals surface area contributed by atoms with Crippen molar-refractivity contribution >= 4 is 5.91 Å². The van der Waals surface area contributed by atoms with Crippen molar-refractivity contribution in [2.45, 2.75) is 25.9 Å². The standard InChI is InChI=1S/C16H19N5O3/c1-11-17-8-5-14(18-11)24-12-6-9-21(10-7-12)16(23)13-3-4-15(22)20(2)19-13/h3-5,8,12H,6-7,9-10H2,1-2H3. The van der Waals surface area contributed by atoms with Crippen LogP contribution >= 0.6 is 0 Å². The van der Waals surface area contributed by atoms with Gasteiger partial charge in [0.25, 0.3) is 11.5 Å². The van der Waals surface area contributed by atoms with Crippen LogP contribution in [0.2, 0.25) is 0 Å². The van der Waals surface area contributed by atoms with E-state index < -0.39 is 0 Å². The number of likely N-dealkylation sites (tertiary alicyclic amines) is 1. The van der Waals surface area contributed by atoms with Crippen LogP contribution in [0.3, 0.4) is 0 Å². The van der Waals surface area contributed by atoms with Crippen LogP contribution in [0.1, 0.15) is 29.2 Å². The highest BCUT2D eigenvalue weighted by molar-refractivity contribution is 5.92. The summed E-state index contributed by atoms with van der Waals surface area (Å²) in [7, 11) is 1.53. The molecule has 0 radical (unpaired) electrons. The molecule has 0 aromatic carbocycles. The Bertz CT molecular complexity index is 796. The highest BCUT2D eigenvalue weighted by Crippen LogP contribution is 2.18. The maximum atomic E-state index is 12.5. The van der Waals surface area contributed by atoms with E-state index in [0.717, 1.165) is 12.8 Å². The molecule has 1 aliphatic heterocycles. The van der Waals surface area contributed by atoms with Gasteiger partial charge in [0.05, 0.1) is 0 Å². The fourth-order valence-electron chi connectivity index (χ4n) is 2.63. The van der Waals surface area contributed by atoms with Crippen LogP contribution in [-0.4, -0.2) is 49.7 Å². The first-order valence-corrected chi connectivity index (χ1v) is 7.83. The lowest BCUT2D eigenvalue weighted by Crippen LogP contribution is -2.42. The lowest BCUT2D eigenvalue weighted by molar-refractivity contribution is 0.0580. The fourth-order valence-corrected chi connectivity index (χ4v) is 2.63. The van der Waals surface area contributed by atoms with E-state index in [4.69, 9.17) is 4.74 Å². The number of hydrogen-bond donors (Lipinski definition) is 0. The number of piperidine rings is 1. The molecule has 2 aromatic rings. The zero-order valence-corrected chi connectivity index (χ0v) is 13.7. The van der Waals surface area contributed by atoms with E-state index in [2.05, 4.69) is 15.1 Å². The summed E-state index contributed by atoms with van der Waals surface area (Å²) in [6.07, 6.45) is 3.14. The third kappa shape index (κ3) is 3.58. The summed E-state index contributed by atoms with van der Waals surface area (Å²) in [5.74, 6) is 1.06. The Morgan fingerprint density at radius 3 is 2.67 bits per heavy atom. The van der Waals surface area contributed by atoms with E-state index in [1.807, 2.05) is 6.92 Å². The van der Waals surface area contributed by atoms with Crippen molar-refractivity contribution < 1.29 is 9.53 Å². The van der Waals surface area contributed by atoms with Gasteiger partial charge in [-0.15, -0.1) is 0 Å². The molecule has 0 aliphatic carbocycles. The highest BCUT2D eigenvalue weighted by Gasteiger charge is 2.26. The van der Waals surface area contributed by atoms with Gasteiger partial charge in [-0.05, 0) is 13.0 Å². The SMILES string of the molecule is Cc1nccc(OC2CCN(C(=O)c3ccc(=O)n(C)n3)CC2)n1. The van der Waals surface area contributed by atoms with Crippen molar-refractivity contribution in [3.63, 3.8) is 0 Å². The predicted octanol–water partition coefficient (Wildman–Crippen LogP) is 0.562. The smallest absolute Gasteiger partial charge is 0.274 e. The second kappa shape index (κ2) is 6.77. The molecule has 0 unspecified atom stereocenters. The number of carbonyl (C=O) groups is 1. The zero-order chi connectivity index (χ0) is 17.1. The van der Waals surface area contributed by atoms with Crippen LogP contribution in [0.4, 0.5) is 0 Å². The van der Waals surface area contributed by atoms with Gasteiger partial charge in [-0.3, -0.25) is 9.59 Å². The monoisotopic (exact) mass is 329 g/mol. The molecule has 24 heavy (non-hydrogen) atoms. The van der Waals surface area contributed by atoms with E-state index in [1.54, 1.807) is 17.2 Å². The minimum Gasteiger partial charge on any atom is -0.474 e. The summed E-state index contributed by atoms with van der Waals surface area (Å²) < 4.78 is 7.02. The third-order valence-corrected chi connectivity index (χ3v) is 3.95. The molecule has 1 amide bonds. The molecule has 8 nitrogen and oxygen atoms in total. The van der Waals surface area contributed by atoms with Gasteiger partial charge < -0.3 is 9.64 Å². The zero-order valence-electron chi connectivity index (χ0n) is 13.7. The number of hydrogen-bond acceptors (Lipinski definition) is 6. The van der Waals surface area contributed by atoms with Gasteiger partial charge in [0.1, 0.15) is 17.6 Å². The first-order valence-electron chi connectivity index (χ1n) is 7.83. The van der Waals surface area contributed by atoms with Gasteiger partial charge in [0, 0.05) is 51.3 Å². The third-order valence-electron chi connectivity index (χ3n) is 3.95. The molecular weight excluding hydrogens is 310 g/mol. The highest BCUT2D eigenvalue weighted by atomic mass is 16.5. The van der Waals surface area contributed by atoms with E-state index in [9.17, 15) is 9.59 Å². The lowest BCUT2D eigenvalue weighted by atomic mass is 10.1. The van der Waals surface area contributed by atoms with Crippen molar-refractivity contribution in [2.24, 2.45) is 7.05 Å². The molecule has 0 atom stereocenters. The molecule has 1 fully saturated rings. The number of aryl methyl sites for hydroxylation is 2. The number of ether oxygens (including phenoxy) is 1. The summed E-state index contributed by atoms with van der Waals surface area (Å²) in [5.41, 5.74) is 0.0432. The van der Waals surface area contributed by atoms with E-state index in [-0.39, 0.29) is 23.3 Å². The van der Waals surface area contributed by atoms with Crippen molar-refractivity contribution in [2.75, 3.05) is 13.1 Å². The maximum Gasteiger partial charge on any atom is 0.274 e. The Balaban J connectivity index is 1.59. The second-order valence-corrected chi connectivity index (χ2v) is 5.73. The van der Waals surface area contributed by atoms with Crippen LogP contribution in [0.15, 0.2) is 29.2 Å². The molecule has 0 bridgehead atoms. The van der Waals surface area contributed by atoms with Crippen LogP contribution in [0, 0.1) is 6.92 Å². The van der Waals surface area contributed by atoms with Gasteiger partial charge in [-0.1, -0.05) is 0 Å². The van der Waals surface area contributed by atoms with Crippen molar-refractivity contribution in [3.05, 3.63) is 46.3 Å². The Morgan fingerprint density at radius 1 is 1.25 bits per heavy atom. The van der Waals surface area contributed by atoms with E-state index in [1.165, 1.54) is 23.9 Å². The van der Waals surface area contributed by atoms with Gasteiger partial charge in [0.2, 0.25) is 5.88 Å². The number of amides is 1. The van der Waals surface area contributed by atoms with Crippen molar-refractivity contribution in [3.8, 4) is 5.88 Å². The van der Waals surface area contributed by atoms with Gasteiger partial charge in [-0.25, -0.2) is 9.67 Å². The normalized spacial score (nSPS) is 15.3. The summed E-state index contributed by atoms with van der Waals surface area (Å²) in [5, 5.41) is 4.01. The summed E-state index contributed by atoms with van der Waals surface area (Å²) in [4.78, 5) is 33.8. The van der Waals surface area contributed by atoms with E-state index >= 15 is 0 Å². The number of carbonyl (C=O) groups excluding carboxylic acids is 1. The van der Waals surface area contributed by atoms with Gasteiger partial charge in [0.15, 0.2) is 0 Å². The van der Waals surface area contributed by atoms with Crippen LogP contribution in [-0.2, 0) is 7.05 Å². The van der Waals surface area contributed by atoms with Crippen molar-refractivity contribution in [1.82, 2.24) is 24.6 Å². The minimum atomic E-state index is -0.237. The Labute approximate surface area is 139 Å². The summed E-state index contributed by atoms with van der Waals surface area (Å²) in [6, 6.07) is 4.56. The second-order valence-electron chi connectivity index (χ2n) is 5.73. The van der Waals surface area contributed by atoms with E-state index in [0.29, 0.717) is 24.8 Å². The first kappa shape index (κ1) is 16.1. The van der Waals surface area contributed by atoms with Gasteiger partial charge in [-0.2, -0.15) is 10.1 Å². The first-order chi connectivity index (χ1) is 11.5. The largest absolute Gasteiger partial charge is 0.474 e. The summed E-state index contributed by atoms with van der Waals surface area (Å²) in [6.45, 7) is 2.98. The average Bonchev–Trinajstić information content (AvgIpc) is 2.57. The Kier molecular flexibility index (Phi) is 4.54. The molecule has 3 heterocycles. The molecular formula is C16H19N5O3. The number of nitrogens with zero attached hydrogens (tertiary/aromatic N) is 5. The molecule has 2 aromatic heterocycles. The average molecular weight is 329 g/mol. The van der Waals surface area contributed by atoms with Gasteiger partial charge >= 0.3 is 0 Å². The number of rotatable bonds is 3. The molecule has 8 heteroatoms. The Morgan fingerprint density at radius 2 is 2.00 bits per heavy atom. The molecule has 0 spiro atoms. The fraction of sp³-hybridized carbons (Fsp3) is 0.438. The molecule has 3 rings (SSSR count). The van der Waals surface area contributed by atoms with Crippen LogP contribution < -0.4 is 10.3 Å². The Hall–Kier alpha value is -2.77. The molecule has 126 valence electrons. The molecule has 1 saturated heterocycles. The van der Waals surface area contributed by atoms with Crippen LogP contribution in [0.5, 0.6) is 5.88 Å². The quantitative estimate of drug-likeness (QED) is 0.817. The minimum absolute atomic E-state index is 0.0245.